The van der Waals surface area contributed by atoms with Crippen LogP contribution in [0.25, 0.3) is 0 Å². The van der Waals surface area contributed by atoms with E-state index in [2.05, 4.69) is 134 Å². The SMILES string of the molecule is [3H]P(P(P(PP)P(P)P)P(P(P)P)P(P)P)P(P(P(P)P)P(P)P)P(P(P)P)P(P)P. The average molecular weight is 963 g/mol. The molecule has 0 aliphatic carbocycles. The summed E-state index contributed by atoms with van der Waals surface area (Å²) in [5.41, 5.74) is 0. The Bertz CT molecular complexity index is 415. The molecule has 30 heteroatoms. The maximum absolute atomic E-state index is 10.2. The first-order valence-electron chi connectivity index (χ1n) is 7.17. The third kappa shape index (κ3) is 16.5. The molecule has 0 bridgehead atoms. The van der Waals surface area contributed by atoms with Gasteiger partial charge in [-0.1, -0.05) is 7.96 Å². The molecule has 0 aliphatic rings. The van der Waals surface area contributed by atoms with Gasteiger partial charge in [-0.15, -0.1) is 134 Å². The van der Waals surface area contributed by atoms with Crippen LogP contribution in [0.3, 0.4) is 0 Å². The van der Waals surface area contributed by atoms with Crippen LogP contribution in [-0.2, 0) is 0 Å². The minimum atomic E-state index is -0.683. The van der Waals surface area contributed by atoms with Gasteiger partial charge < -0.3 is 0 Å². The predicted octanol–water partition coefficient (Wildman–Crippen LogP) is 17.3. The van der Waals surface area contributed by atoms with Gasteiger partial charge in [0.25, 0.3) is 0 Å². The summed E-state index contributed by atoms with van der Waals surface area (Å²) in [7, 11) is 48.2. The molecule has 182 valence electrons. The highest BCUT2D eigenvalue weighted by Gasteiger charge is 2.43. The van der Waals surface area contributed by atoms with Gasteiger partial charge in [0.05, 0.1) is 1.28 Å². The lowest BCUT2D eigenvalue weighted by atomic mass is 28.5. The van der Waals surface area contributed by atoms with Crippen LogP contribution in [0, 0.1) is 0 Å². The molecule has 0 N–H and O–H groups in total. The van der Waals surface area contributed by atoms with Crippen molar-refractivity contribution in [2.24, 2.45) is 0 Å². The summed E-state index contributed by atoms with van der Waals surface area (Å²) in [6.07, 6.45) is 0. The molecule has 0 heterocycles. The van der Waals surface area contributed by atoms with E-state index >= 15 is 0 Å². The van der Waals surface area contributed by atoms with Crippen LogP contribution in [0.4, 0.5) is 0 Å². The highest BCUT2D eigenvalue weighted by molar-refractivity contribution is 9.38. The molecule has 0 spiro atoms. The Kier molecular flexibility index (Phi) is 32.9. The molecule has 0 aliphatic heterocycles. The summed E-state index contributed by atoms with van der Waals surface area (Å²) in [4.78, 5) is 0. The van der Waals surface area contributed by atoms with Crippen LogP contribution in [0.1, 0.15) is 0 Å². The van der Waals surface area contributed by atoms with E-state index in [1.54, 1.807) is 0 Å². The van der Waals surface area contributed by atoms with E-state index in [9.17, 15) is 1.28 Å². The van der Waals surface area contributed by atoms with Crippen LogP contribution in [0.15, 0.2) is 0 Å². The largest absolute Gasteiger partial charge is 0.109 e. The summed E-state index contributed by atoms with van der Waals surface area (Å²) >= 11 is 0. The molecule has 0 aromatic heterocycles. The zero-order chi connectivity index (χ0) is 24.8. The minimum Gasteiger partial charge on any atom is -0.109 e. The Morgan fingerprint density at radius 3 is 0.867 bits per heavy atom. The zero-order valence-electron chi connectivity index (χ0n) is 16.4. The Balaban J connectivity index is 6.87. The molecule has 30 heavy (non-hydrogen) atoms. The second-order valence-electron chi connectivity index (χ2n) is 4.51. The monoisotopic (exact) mass is 963 g/mol. The second kappa shape index (κ2) is 24.1. The van der Waals surface area contributed by atoms with Gasteiger partial charge in [-0.3, -0.25) is 0 Å². The molecular weight excluding hydrogens is 929 g/mol. The molecule has 0 saturated carbocycles. The maximum atomic E-state index is 10.2. The van der Waals surface area contributed by atoms with Crippen LogP contribution in [0.5, 0.6) is 0 Å². The zero-order valence-corrected chi connectivity index (χ0v) is 46.3. The van der Waals surface area contributed by atoms with Crippen molar-refractivity contribution in [3.63, 3.8) is 0 Å². The molecule has 0 amide bonds. The van der Waals surface area contributed by atoms with Crippen molar-refractivity contribution in [2.45, 2.75) is 0 Å². The quantitative estimate of drug-likeness (QED) is 0.152. The van der Waals surface area contributed by atoms with Gasteiger partial charge in [0.2, 0.25) is 0 Å². The Labute approximate surface area is 239 Å². The maximum Gasteiger partial charge on any atom is 0.0690 e. The molecule has 19 atom stereocenters. The fourth-order valence-electron chi connectivity index (χ4n) is 1.49. The van der Waals surface area contributed by atoms with Crippen molar-refractivity contribution < 1.29 is 0 Å². The molecule has 0 nitrogen and oxygen atoms in total. The summed E-state index contributed by atoms with van der Waals surface area (Å²) in [5.74, 6) is 0. The van der Waals surface area contributed by atoms with Gasteiger partial charge >= 0.3 is 0 Å². The lowest BCUT2D eigenvalue weighted by Crippen LogP contribution is -1.58. The number of hydrogen-bond donors (Lipinski definition) is 0. The van der Waals surface area contributed by atoms with E-state index < -0.39 is 7.90 Å². The molecule has 19 unspecified atom stereocenters. The topological polar surface area (TPSA) is 0 Å². The Morgan fingerprint density at radius 2 is 0.667 bits per heavy atom. The Morgan fingerprint density at radius 1 is 0.400 bits per heavy atom. The third-order valence-corrected chi connectivity index (χ3v) is 193. The first-order valence-corrected chi connectivity index (χ1v) is 60.5. The van der Waals surface area contributed by atoms with Gasteiger partial charge in [-0.25, -0.2) is 0 Å². The number of hydrogen-bond acceptors (Lipinski definition) is 0. The molecule has 0 rings (SSSR count). The van der Waals surface area contributed by atoms with E-state index in [0.29, 0.717) is 0 Å². The van der Waals surface area contributed by atoms with Crippen molar-refractivity contribution in [1.82, 2.24) is 0 Å². The van der Waals surface area contributed by atoms with Crippen molar-refractivity contribution in [1.29, 1.82) is 1.28 Å². The lowest BCUT2D eigenvalue weighted by molar-refractivity contribution is 4.48. The van der Waals surface area contributed by atoms with E-state index in [1.165, 1.54) is 0 Å². The fourth-order valence-corrected chi connectivity index (χ4v) is 361. The van der Waals surface area contributed by atoms with Gasteiger partial charge in [-0.2, -0.15) is 0 Å². The minimum absolute atomic E-state index is 0.0768. The average Bonchev–Trinajstić information content (AvgIpc) is 2.57. The normalized spacial score (nSPS) is 17.7. The first-order chi connectivity index (χ1) is 14.1. The van der Waals surface area contributed by atoms with Gasteiger partial charge in [0, 0.05) is 0 Å². The molecule has 0 radical (unpaired) electrons. The third-order valence-electron chi connectivity index (χ3n) is 2.38. The highest BCUT2D eigenvalue weighted by atomic mass is 33.4. The van der Waals surface area contributed by atoms with Crippen LogP contribution >= 0.6 is 241 Å². The predicted molar refractivity (Wildman–Crippen MR) is 252 cm³/mol. The molecular formula is H32P30. The van der Waals surface area contributed by atoms with Crippen molar-refractivity contribution >= 4 is 241 Å². The van der Waals surface area contributed by atoms with Gasteiger partial charge in [0.15, 0.2) is 0 Å². The van der Waals surface area contributed by atoms with Crippen molar-refractivity contribution in [3.8, 4) is 0 Å². The van der Waals surface area contributed by atoms with Crippen molar-refractivity contribution in [3.05, 3.63) is 0 Å². The fraction of sp³-hybridized carbons (Fsp3) is 0. The van der Waals surface area contributed by atoms with E-state index in [-0.39, 0.29) is 90.8 Å². The van der Waals surface area contributed by atoms with Gasteiger partial charge in [-0.05, 0) is 98.7 Å². The highest BCUT2D eigenvalue weighted by Crippen LogP contribution is 3.32. The Hall–Kier alpha value is 12.9. The first kappa shape index (κ1) is 40.9. The summed E-state index contributed by atoms with van der Waals surface area (Å²) in [6.45, 7) is -1.93. The molecule has 0 fully saturated rings. The molecule has 0 aromatic rings. The molecule has 0 saturated heterocycles. The van der Waals surface area contributed by atoms with Crippen LogP contribution < -0.4 is 0 Å². The van der Waals surface area contributed by atoms with Crippen LogP contribution in [0.2, 0.25) is 0 Å². The smallest absolute Gasteiger partial charge is 0.0690 e. The number of rotatable bonds is 14. The van der Waals surface area contributed by atoms with Crippen LogP contribution in [-0.4, -0.2) is 1.28 Å². The summed E-state index contributed by atoms with van der Waals surface area (Å²) in [5, 5.41) is 0. The second-order valence-corrected chi connectivity index (χ2v) is 122. The van der Waals surface area contributed by atoms with Gasteiger partial charge in [0.1, 0.15) is 0 Å². The van der Waals surface area contributed by atoms with E-state index in [0.717, 1.165) is 7.96 Å². The lowest BCUT2D eigenvalue weighted by Gasteiger charge is -2.46. The summed E-state index contributed by atoms with van der Waals surface area (Å²) < 4.78 is 10.2. The van der Waals surface area contributed by atoms with E-state index in [1.807, 2.05) is 0 Å². The van der Waals surface area contributed by atoms with E-state index in [4.69, 9.17) is 0 Å². The van der Waals surface area contributed by atoms with Crippen molar-refractivity contribution in [2.75, 3.05) is 0 Å². The standard InChI is InChI=1S/H32P30/c1-16-25(18(2)3)26(28(19(4)5)20(6)7)17-27(29(21(8)9)22(10)11)30(23(12)13)24(14)15/h16-17H,1-15H2/i17T. The summed E-state index contributed by atoms with van der Waals surface area (Å²) in [6, 6.07) is 0. The molecule has 0 aromatic carbocycles.